The Balaban J connectivity index is 1.53. The molecule has 0 unspecified atom stereocenters. The van der Waals surface area contributed by atoms with E-state index in [1.54, 1.807) is 12.1 Å². The third-order valence-electron chi connectivity index (χ3n) is 5.09. The quantitative estimate of drug-likeness (QED) is 0.135. The fourth-order valence-electron chi connectivity index (χ4n) is 3.34. The standard InChI is InChI=1S/C24H14FN3O8S/c25-20-7-2-1-5-15(20)13-26-22(29)21(37-24(26)31)9-14-4-3-6-19(8-14)36-23(30)16-10-17(27(32)33)12-18(11-16)28(34)35/h1-12H,13H2/b21-9-. The van der Waals surface area contributed by atoms with E-state index >= 15 is 0 Å². The van der Waals surface area contributed by atoms with Gasteiger partial charge in [-0.25, -0.2) is 9.18 Å². The summed E-state index contributed by atoms with van der Waals surface area (Å²) in [6.07, 6.45) is 1.39. The van der Waals surface area contributed by atoms with Crippen molar-refractivity contribution >= 4 is 46.3 Å². The molecule has 1 aliphatic heterocycles. The van der Waals surface area contributed by atoms with E-state index < -0.39 is 49.7 Å². The topological polar surface area (TPSA) is 150 Å². The number of carbonyl (C=O) groups is 3. The zero-order valence-corrected chi connectivity index (χ0v) is 19.3. The summed E-state index contributed by atoms with van der Waals surface area (Å²) in [4.78, 5) is 59.0. The van der Waals surface area contributed by atoms with Gasteiger partial charge in [-0.05, 0) is 41.6 Å². The van der Waals surface area contributed by atoms with Gasteiger partial charge in [0.2, 0.25) is 0 Å². The lowest BCUT2D eigenvalue weighted by Crippen LogP contribution is -2.27. The summed E-state index contributed by atoms with van der Waals surface area (Å²) >= 11 is 0.668. The normalized spacial score (nSPS) is 14.2. The van der Waals surface area contributed by atoms with E-state index in [2.05, 4.69) is 0 Å². The second-order valence-electron chi connectivity index (χ2n) is 7.57. The highest BCUT2D eigenvalue weighted by Gasteiger charge is 2.35. The number of nitrogens with zero attached hydrogens (tertiary/aromatic N) is 3. The first kappa shape index (κ1) is 25.2. The van der Waals surface area contributed by atoms with Crippen molar-refractivity contribution < 1.29 is 33.4 Å². The first-order valence-corrected chi connectivity index (χ1v) is 11.2. The van der Waals surface area contributed by atoms with Crippen LogP contribution in [0.25, 0.3) is 6.08 Å². The molecule has 11 nitrogen and oxygen atoms in total. The van der Waals surface area contributed by atoms with Crippen molar-refractivity contribution in [2.45, 2.75) is 6.54 Å². The maximum atomic E-state index is 14.0. The van der Waals surface area contributed by atoms with Crippen molar-refractivity contribution in [2.24, 2.45) is 0 Å². The van der Waals surface area contributed by atoms with E-state index in [0.717, 1.165) is 23.1 Å². The molecular weight excluding hydrogens is 509 g/mol. The molecule has 1 saturated heterocycles. The number of imide groups is 1. The summed E-state index contributed by atoms with van der Waals surface area (Å²) in [5.74, 6) is -2.26. The molecule has 0 spiro atoms. The SMILES string of the molecule is O=C(Oc1cccc(/C=C2\SC(=O)N(Cc3ccccc3F)C2=O)c1)c1cc([N+](=O)[O-])cc([N+](=O)[O-])c1. The number of carbonyl (C=O) groups excluding carboxylic acids is 3. The number of thioether (sulfide) groups is 1. The van der Waals surface area contributed by atoms with Crippen LogP contribution in [-0.2, 0) is 11.3 Å². The Morgan fingerprint density at radius 2 is 1.65 bits per heavy atom. The number of hydrogen-bond donors (Lipinski definition) is 0. The minimum absolute atomic E-state index is 0.0153. The number of amides is 2. The van der Waals surface area contributed by atoms with Crippen molar-refractivity contribution in [1.82, 2.24) is 4.90 Å². The third kappa shape index (κ3) is 5.67. The molecule has 4 rings (SSSR count). The summed E-state index contributed by atoms with van der Waals surface area (Å²) in [7, 11) is 0. The van der Waals surface area contributed by atoms with Crippen LogP contribution < -0.4 is 4.74 Å². The van der Waals surface area contributed by atoms with E-state index in [1.165, 1.54) is 42.5 Å². The number of nitro groups is 2. The molecule has 3 aromatic rings. The number of ether oxygens (including phenoxy) is 1. The van der Waals surface area contributed by atoms with E-state index in [4.69, 9.17) is 4.74 Å². The summed E-state index contributed by atoms with van der Waals surface area (Å²) in [6.45, 7) is -0.234. The lowest BCUT2D eigenvalue weighted by atomic mass is 10.1. The highest BCUT2D eigenvalue weighted by Crippen LogP contribution is 2.34. The van der Waals surface area contributed by atoms with Crippen molar-refractivity contribution in [3.05, 3.63) is 114 Å². The Labute approximate surface area is 211 Å². The van der Waals surface area contributed by atoms with Crippen LogP contribution in [0.3, 0.4) is 0 Å². The lowest BCUT2D eigenvalue weighted by molar-refractivity contribution is -0.394. The number of esters is 1. The van der Waals surface area contributed by atoms with Gasteiger partial charge < -0.3 is 4.74 Å². The van der Waals surface area contributed by atoms with Gasteiger partial charge in [0.1, 0.15) is 11.6 Å². The van der Waals surface area contributed by atoms with E-state index in [9.17, 15) is 39.0 Å². The number of nitro benzene ring substituents is 2. The van der Waals surface area contributed by atoms with Gasteiger partial charge in [-0.1, -0.05) is 30.3 Å². The molecule has 37 heavy (non-hydrogen) atoms. The third-order valence-corrected chi connectivity index (χ3v) is 5.99. The highest BCUT2D eigenvalue weighted by atomic mass is 32.2. The first-order valence-electron chi connectivity index (χ1n) is 10.4. The molecule has 186 valence electrons. The van der Waals surface area contributed by atoms with Crippen LogP contribution in [0.5, 0.6) is 5.75 Å². The molecule has 0 aliphatic carbocycles. The van der Waals surface area contributed by atoms with Gasteiger partial charge in [-0.15, -0.1) is 0 Å². The van der Waals surface area contributed by atoms with Gasteiger partial charge in [-0.2, -0.15) is 0 Å². The first-order chi connectivity index (χ1) is 17.6. The molecule has 0 atom stereocenters. The molecule has 0 radical (unpaired) electrons. The van der Waals surface area contributed by atoms with Crippen LogP contribution in [0.1, 0.15) is 21.5 Å². The van der Waals surface area contributed by atoms with Gasteiger partial charge >= 0.3 is 5.97 Å². The molecular formula is C24H14FN3O8S. The van der Waals surface area contributed by atoms with Gasteiger partial charge in [0.25, 0.3) is 22.5 Å². The molecule has 13 heteroatoms. The van der Waals surface area contributed by atoms with Crippen LogP contribution >= 0.6 is 11.8 Å². The van der Waals surface area contributed by atoms with E-state index in [0.29, 0.717) is 17.3 Å². The lowest BCUT2D eigenvalue weighted by Gasteiger charge is -2.12. The molecule has 0 aromatic heterocycles. The molecule has 2 amide bonds. The van der Waals surface area contributed by atoms with Crippen molar-refractivity contribution in [2.75, 3.05) is 0 Å². The maximum absolute atomic E-state index is 14.0. The number of benzene rings is 3. The number of hydrogen-bond acceptors (Lipinski definition) is 9. The van der Waals surface area contributed by atoms with Crippen LogP contribution in [-0.4, -0.2) is 31.9 Å². The predicted molar refractivity (Wildman–Crippen MR) is 129 cm³/mol. The minimum Gasteiger partial charge on any atom is -0.423 e. The average molecular weight is 523 g/mol. The second kappa shape index (κ2) is 10.4. The highest BCUT2D eigenvalue weighted by molar-refractivity contribution is 8.18. The second-order valence-corrected chi connectivity index (χ2v) is 8.57. The van der Waals surface area contributed by atoms with Crippen LogP contribution in [0.15, 0.2) is 71.6 Å². The molecule has 1 fully saturated rings. The summed E-state index contributed by atoms with van der Waals surface area (Å²) in [5.41, 5.74) is -1.14. The number of rotatable bonds is 7. The Morgan fingerprint density at radius 1 is 0.973 bits per heavy atom. The van der Waals surface area contributed by atoms with Gasteiger partial charge in [0, 0.05) is 17.7 Å². The number of non-ortho nitro benzene ring substituents is 2. The zero-order chi connectivity index (χ0) is 26.7. The Kier molecular flexibility index (Phi) is 7.06. The van der Waals surface area contributed by atoms with Crippen LogP contribution in [0.4, 0.5) is 20.6 Å². The zero-order valence-electron chi connectivity index (χ0n) is 18.5. The predicted octanol–water partition coefficient (Wildman–Crippen LogP) is 5.10. The monoisotopic (exact) mass is 523 g/mol. The Hall–Kier alpha value is -4.91. The van der Waals surface area contributed by atoms with Gasteiger partial charge in [-0.3, -0.25) is 34.7 Å². The molecule has 0 bridgehead atoms. The van der Waals surface area contributed by atoms with Crippen LogP contribution in [0, 0.1) is 26.0 Å². The molecule has 1 heterocycles. The van der Waals surface area contributed by atoms with Crippen LogP contribution in [0.2, 0.25) is 0 Å². The van der Waals surface area contributed by atoms with Crippen molar-refractivity contribution in [1.29, 1.82) is 0 Å². The average Bonchev–Trinajstić information content (AvgIpc) is 3.12. The van der Waals surface area contributed by atoms with Crippen molar-refractivity contribution in [3.8, 4) is 5.75 Å². The van der Waals surface area contributed by atoms with Gasteiger partial charge in [0.15, 0.2) is 0 Å². The fraction of sp³-hybridized carbons (Fsp3) is 0.0417. The van der Waals surface area contributed by atoms with E-state index in [1.807, 2.05) is 0 Å². The smallest absolute Gasteiger partial charge is 0.344 e. The maximum Gasteiger partial charge on any atom is 0.344 e. The van der Waals surface area contributed by atoms with Crippen molar-refractivity contribution in [3.63, 3.8) is 0 Å². The Morgan fingerprint density at radius 3 is 2.30 bits per heavy atom. The molecule has 0 saturated carbocycles. The fourth-order valence-corrected chi connectivity index (χ4v) is 4.18. The van der Waals surface area contributed by atoms with E-state index in [-0.39, 0.29) is 22.8 Å². The Bertz CT molecular complexity index is 1470. The largest absolute Gasteiger partial charge is 0.423 e. The summed E-state index contributed by atoms with van der Waals surface area (Å²) < 4.78 is 19.2. The molecule has 0 N–H and O–H groups in total. The molecule has 1 aliphatic rings. The summed E-state index contributed by atoms with van der Waals surface area (Å²) in [6, 6.07) is 14.0. The number of halogens is 1. The summed E-state index contributed by atoms with van der Waals surface area (Å²) in [5, 5.41) is 21.5. The molecule has 3 aromatic carbocycles. The minimum atomic E-state index is -1.07. The van der Waals surface area contributed by atoms with Gasteiger partial charge in [0.05, 0.1) is 32.9 Å².